The first-order chi connectivity index (χ1) is 29.2. The summed E-state index contributed by atoms with van der Waals surface area (Å²) in [7, 11) is 0. The van der Waals surface area contributed by atoms with Crippen molar-refractivity contribution in [1.82, 2.24) is 0 Å². The Morgan fingerprint density at radius 2 is 0.746 bits per heavy atom. The first kappa shape index (κ1) is 56.6. The number of esters is 1. The van der Waals surface area contributed by atoms with Gasteiger partial charge in [0.05, 0.1) is 13.2 Å². The minimum atomic E-state index is -0.569. The summed E-state index contributed by atoms with van der Waals surface area (Å²) in [4.78, 5) is 12.2. The standard InChI is InChI=1S/C55H96O4/c1-3-5-7-9-11-13-15-17-19-21-23-25-27-29-31-33-35-37-39-41-43-45-47-49-51-58-53-54(52-56)59-55(57)50-48-46-44-42-40-38-36-34-32-30-28-26-24-22-20-18-16-14-12-10-8-6-4-2/h6,8,12,14,18,20,24,26,30,32,36,38,42,44,54,56H,3-5,7,9-11,13,15-17,19,21-23,25,27-29,31,33-35,37,39-41,43,45-53H2,1-2H3/b8-6-,14-12-,20-18-,26-24-,32-30-,38-36-,44-42-. The number of allylic oxidation sites excluding steroid dienone is 14. The highest BCUT2D eigenvalue weighted by Gasteiger charge is 2.13. The Morgan fingerprint density at radius 1 is 0.424 bits per heavy atom. The molecular formula is C55H96O4. The van der Waals surface area contributed by atoms with Crippen LogP contribution in [0, 0.1) is 0 Å². The molecule has 0 bridgehead atoms. The molecular weight excluding hydrogens is 725 g/mol. The zero-order valence-electron chi connectivity index (χ0n) is 39.0. The largest absolute Gasteiger partial charge is 0.457 e. The Morgan fingerprint density at radius 3 is 1.08 bits per heavy atom. The third-order valence-electron chi connectivity index (χ3n) is 10.7. The molecule has 4 heteroatoms. The lowest BCUT2D eigenvalue weighted by Crippen LogP contribution is -2.27. The fraction of sp³-hybridized carbons (Fsp3) is 0.727. The molecule has 0 aromatic heterocycles. The lowest BCUT2D eigenvalue weighted by atomic mass is 10.0. The predicted molar refractivity (Wildman–Crippen MR) is 260 cm³/mol. The number of rotatable bonds is 46. The number of ether oxygens (including phenoxy) is 2. The summed E-state index contributed by atoms with van der Waals surface area (Å²) in [6, 6.07) is 0. The van der Waals surface area contributed by atoms with Gasteiger partial charge in [-0.3, -0.25) is 4.79 Å². The number of aliphatic hydroxyl groups is 1. The van der Waals surface area contributed by atoms with Gasteiger partial charge in [0.1, 0.15) is 6.10 Å². The summed E-state index contributed by atoms with van der Waals surface area (Å²) >= 11 is 0. The van der Waals surface area contributed by atoms with E-state index in [0.717, 1.165) is 64.2 Å². The topological polar surface area (TPSA) is 55.8 Å². The Labute approximate surface area is 367 Å². The molecule has 0 amide bonds. The SMILES string of the molecule is CC/C=C\C/C=C\C/C=C\C/C=C\C/C=C\C/C=C\C/C=C\CCCC(=O)OC(CO)COCCCCCCCCCCCCCCCCCCCCCCCCCC. The molecule has 0 spiro atoms. The molecule has 0 heterocycles. The average Bonchev–Trinajstić information content (AvgIpc) is 3.24. The smallest absolute Gasteiger partial charge is 0.306 e. The first-order valence-corrected chi connectivity index (χ1v) is 25.2. The van der Waals surface area contributed by atoms with Crippen LogP contribution in [0.2, 0.25) is 0 Å². The summed E-state index contributed by atoms with van der Waals surface area (Å²) in [5.41, 5.74) is 0. The highest BCUT2D eigenvalue weighted by atomic mass is 16.6. The van der Waals surface area contributed by atoms with Gasteiger partial charge in [-0.2, -0.15) is 0 Å². The van der Waals surface area contributed by atoms with E-state index in [4.69, 9.17) is 9.47 Å². The number of hydrogen-bond acceptors (Lipinski definition) is 4. The second kappa shape index (κ2) is 51.7. The van der Waals surface area contributed by atoms with Crippen LogP contribution in [-0.4, -0.2) is 37.0 Å². The van der Waals surface area contributed by atoms with Crippen molar-refractivity contribution in [1.29, 1.82) is 0 Å². The van der Waals surface area contributed by atoms with Crippen molar-refractivity contribution >= 4 is 5.97 Å². The zero-order chi connectivity index (χ0) is 42.6. The first-order valence-electron chi connectivity index (χ1n) is 25.2. The van der Waals surface area contributed by atoms with Crippen LogP contribution in [0.15, 0.2) is 85.1 Å². The molecule has 0 saturated carbocycles. The van der Waals surface area contributed by atoms with Crippen molar-refractivity contribution in [3.05, 3.63) is 85.1 Å². The van der Waals surface area contributed by atoms with Crippen LogP contribution in [-0.2, 0) is 14.3 Å². The molecule has 0 aliphatic rings. The molecule has 1 N–H and O–H groups in total. The summed E-state index contributed by atoms with van der Waals surface area (Å²) in [6.07, 6.45) is 72.5. The second-order valence-corrected chi connectivity index (χ2v) is 16.5. The molecule has 0 aliphatic heterocycles. The van der Waals surface area contributed by atoms with Gasteiger partial charge >= 0.3 is 5.97 Å². The lowest BCUT2D eigenvalue weighted by molar-refractivity contribution is -0.154. The maximum atomic E-state index is 12.2. The van der Waals surface area contributed by atoms with Gasteiger partial charge in [0.25, 0.3) is 0 Å². The Kier molecular flexibility index (Phi) is 49.6. The molecule has 0 aliphatic carbocycles. The molecule has 0 fully saturated rings. The van der Waals surface area contributed by atoms with Crippen LogP contribution < -0.4 is 0 Å². The van der Waals surface area contributed by atoms with Gasteiger partial charge in [0.2, 0.25) is 0 Å². The van der Waals surface area contributed by atoms with E-state index in [9.17, 15) is 9.90 Å². The van der Waals surface area contributed by atoms with Crippen LogP contribution in [0.4, 0.5) is 0 Å². The summed E-state index contributed by atoms with van der Waals surface area (Å²) in [5, 5.41) is 9.64. The van der Waals surface area contributed by atoms with E-state index in [1.807, 2.05) is 0 Å². The molecule has 1 unspecified atom stereocenters. The number of unbranched alkanes of at least 4 members (excludes halogenated alkanes) is 24. The average molecular weight is 821 g/mol. The normalized spacial score (nSPS) is 13.1. The van der Waals surface area contributed by atoms with Crippen molar-refractivity contribution in [3.63, 3.8) is 0 Å². The quantitative estimate of drug-likeness (QED) is 0.0378. The second-order valence-electron chi connectivity index (χ2n) is 16.5. The van der Waals surface area contributed by atoms with Crippen molar-refractivity contribution in [3.8, 4) is 0 Å². The van der Waals surface area contributed by atoms with Crippen molar-refractivity contribution in [2.75, 3.05) is 19.8 Å². The fourth-order valence-electron chi connectivity index (χ4n) is 7.02. The lowest BCUT2D eigenvalue weighted by Gasteiger charge is -2.15. The molecule has 0 aromatic rings. The van der Waals surface area contributed by atoms with Crippen molar-refractivity contribution in [2.24, 2.45) is 0 Å². The van der Waals surface area contributed by atoms with Crippen LogP contribution >= 0.6 is 0 Å². The number of carbonyl (C=O) groups excluding carboxylic acids is 1. The molecule has 4 nitrogen and oxygen atoms in total. The highest BCUT2D eigenvalue weighted by Crippen LogP contribution is 2.16. The van der Waals surface area contributed by atoms with Gasteiger partial charge in [0.15, 0.2) is 0 Å². The molecule has 0 saturated heterocycles. The van der Waals surface area contributed by atoms with Gasteiger partial charge in [0, 0.05) is 13.0 Å². The van der Waals surface area contributed by atoms with Crippen LogP contribution in [0.25, 0.3) is 0 Å². The van der Waals surface area contributed by atoms with Crippen LogP contribution in [0.5, 0.6) is 0 Å². The third kappa shape index (κ3) is 49.8. The maximum absolute atomic E-state index is 12.2. The Bertz CT molecular complexity index is 1050. The summed E-state index contributed by atoms with van der Waals surface area (Å²) in [5.74, 6) is -0.257. The monoisotopic (exact) mass is 821 g/mol. The Balaban J connectivity index is 3.51. The molecule has 340 valence electrons. The number of carbonyl (C=O) groups is 1. The van der Waals surface area contributed by atoms with Gasteiger partial charge < -0.3 is 14.6 Å². The van der Waals surface area contributed by atoms with E-state index in [1.165, 1.54) is 148 Å². The minimum Gasteiger partial charge on any atom is -0.457 e. The molecule has 0 aromatic carbocycles. The van der Waals surface area contributed by atoms with Crippen molar-refractivity contribution in [2.45, 2.75) is 238 Å². The summed E-state index contributed by atoms with van der Waals surface area (Å²) in [6.45, 7) is 5.19. The molecule has 1 atom stereocenters. The number of aliphatic hydroxyl groups excluding tert-OH is 1. The predicted octanol–water partition coefficient (Wildman–Crippen LogP) is 17.1. The molecule has 0 radical (unpaired) electrons. The van der Waals surface area contributed by atoms with E-state index in [0.29, 0.717) is 13.0 Å². The minimum absolute atomic E-state index is 0.197. The fourth-order valence-corrected chi connectivity index (χ4v) is 7.02. The number of hydrogen-bond donors (Lipinski definition) is 1. The molecule has 59 heavy (non-hydrogen) atoms. The zero-order valence-corrected chi connectivity index (χ0v) is 39.0. The van der Waals surface area contributed by atoms with Crippen LogP contribution in [0.1, 0.15) is 232 Å². The Hall–Kier alpha value is -2.43. The molecule has 0 rings (SSSR count). The highest BCUT2D eigenvalue weighted by molar-refractivity contribution is 5.69. The van der Waals surface area contributed by atoms with E-state index in [2.05, 4.69) is 98.9 Å². The van der Waals surface area contributed by atoms with Crippen molar-refractivity contribution < 1.29 is 19.4 Å². The van der Waals surface area contributed by atoms with E-state index >= 15 is 0 Å². The summed E-state index contributed by atoms with van der Waals surface area (Å²) < 4.78 is 11.2. The van der Waals surface area contributed by atoms with Gasteiger partial charge in [-0.1, -0.05) is 247 Å². The maximum Gasteiger partial charge on any atom is 0.306 e. The van der Waals surface area contributed by atoms with Crippen LogP contribution in [0.3, 0.4) is 0 Å². The van der Waals surface area contributed by atoms with E-state index < -0.39 is 6.10 Å². The van der Waals surface area contributed by atoms with E-state index in [-0.39, 0.29) is 19.2 Å². The third-order valence-corrected chi connectivity index (χ3v) is 10.7. The van der Waals surface area contributed by atoms with Gasteiger partial charge in [-0.05, 0) is 64.2 Å². The van der Waals surface area contributed by atoms with Gasteiger partial charge in [-0.15, -0.1) is 0 Å². The van der Waals surface area contributed by atoms with Gasteiger partial charge in [-0.25, -0.2) is 0 Å². The van der Waals surface area contributed by atoms with E-state index in [1.54, 1.807) is 0 Å².